The van der Waals surface area contributed by atoms with Gasteiger partial charge in [-0.15, -0.1) is 0 Å². The lowest BCUT2D eigenvalue weighted by Crippen LogP contribution is -2.19. The SMILES string of the molecule is CC(C)(C)c1cc(N(c2ccc(-c3ccc(C(C)(C)C)cc3C(C)(C)C)cc2)c2c(-c3ccccc3)cccc2-c2ccccc2)cc(N(c2ccc(-c3ccc(C(C)(C)C)cc3C(C)(C)C)cc2)c2c(-c3ccccc3)cccc2-c2ccccc2)c1. The van der Waals surface area contributed by atoms with Crippen LogP contribution >= 0.6 is 0 Å². The molecule has 0 amide bonds. The van der Waals surface area contributed by atoms with Crippen molar-refractivity contribution in [2.75, 3.05) is 9.80 Å². The molecule has 11 aromatic carbocycles. The van der Waals surface area contributed by atoms with Crippen molar-refractivity contribution in [3.63, 3.8) is 0 Å². The summed E-state index contributed by atoms with van der Waals surface area (Å²) in [7, 11) is 0. The second kappa shape index (κ2) is 23.9. The topological polar surface area (TPSA) is 6.48 Å². The molecule has 0 saturated heterocycles. The minimum atomic E-state index is -0.274. The predicted molar refractivity (Wildman–Crippen MR) is 382 cm³/mol. The molecular formula is C86H88N2. The predicted octanol–water partition coefficient (Wildman–Crippen LogP) is 25.1. The van der Waals surface area contributed by atoms with E-state index in [0.717, 1.165) is 78.6 Å². The zero-order chi connectivity index (χ0) is 62.3. The van der Waals surface area contributed by atoms with Crippen molar-refractivity contribution in [1.82, 2.24) is 0 Å². The van der Waals surface area contributed by atoms with Crippen LogP contribution in [0.15, 0.2) is 261 Å². The van der Waals surface area contributed by atoms with Gasteiger partial charge in [0.25, 0.3) is 0 Å². The summed E-state index contributed by atoms with van der Waals surface area (Å²) in [6.07, 6.45) is 0. The molecule has 0 radical (unpaired) electrons. The van der Waals surface area contributed by atoms with Gasteiger partial charge in [0.1, 0.15) is 0 Å². The Morgan fingerprint density at radius 1 is 0.193 bits per heavy atom. The van der Waals surface area contributed by atoms with E-state index in [0.29, 0.717) is 0 Å². The lowest BCUT2D eigenvalue weighted by Gasteiger charge is -2.35. The molecule has 0 unspecified atom stereocenters. The van der Waals surface area contributed by atoms with Crippen LogP contribution in [0.3, 0.4) is 0 Å². The molecule has 0 aliphatic carbocycles. The van der Waals surface area contributed by atoms with Gasteiger partial charge in [0.15, 0.2) is 0 Å². The van der Waals surface area contributed by atoms with E-state index < -0.39 is 0 Å². The van der Waals surface area contributed by atoms with Gasteiger partial charge in [-0.1, -0.05) is 322 Å². The van der Waals surface area contributed by atoms with Gasteiger partial charge in [-0.3, -0.25) is 0 Å². The lowest BCUT2D eigenvalue weighted by atomic mass is 9.77. The Kier molecular flexibility index (Phi) is 16.5. The maximum atomic E-state index is 2.55. The van der Waals surface area contributed by atoms with E-state index in [-0.39, 0.29) is 27.1 Å². The lowest BCUT2D eigenvalue weighted by molar-refractivity contribution is 0.569. The Bertz CT molecular complexity index is 3830. The first-order valence-corrected chi connectivity index (χ1v) is 31.6. The number of benzene rings is 11. The highest BCUT2D eigenvalue weighted by molar-refractivity contribution is 6.01. The van der Waals surface area contributed by atoms with Crippen LogP contribution in [0.4, 0.5) is 34.1 Å². The van der Waals surface area contributed by atoms with Crippen molar-refractivity contribution in [3.05, 3.63) is 289 Å². The molecule has 2 nitrogen and oxygen atoms in total. The number of para-hydroxylation sites is 2. The van der Waals surface area contributed by atoms with E-state index in [1.165, 1.54) is 50.1 Å². The Hall–Kier alpha value is -8.98. The fraction of sp³-hybridized carbons (Fsp3) is 0.233. The zero-order valence-corrected chi connectivity index (χ0v) is 54.7. The molecule has 2 heteroatoms. The second-order valence-electron chi connectivity index (χ2n) is 29.1. The average Bonchev–Trinajstić information content (AvgIpc) is 0.801. The summed E-state index contributed by atoms with van der Waals surface area (Å²) < 4.78 is 0. The molecule has 11 aromatic rings. The minimum absolute atomic E-state index is 0.0206. The van der Waals surface area contributed by atoms with Crippen LogP contribution in [0, 0.1) is 0 Å². The molecule has 0 aliphatic rings. The summed E-state index contributed by atoms with van der Waals surface area (Å²) in [4.78, 5) is 5.11. The van der Waals surface area contributed by atoms with E-state index in [1.54, 1.807) is 0 Å². The highest BCUT2D eigenvalue weighted by Gasteiger charge is 2.31. The highest BCUT2D eigenvalue weighted by Crippen LogP contribution is 2.53. The van der Waals surface area contributed by atoms with Crippen molar-refractivity contribution in [2.24, 2.45) is 0 Å². The molecule has 0 aromatic heterocycles. The van der Waals surface area contributed by atoms with Gasteiger partial charge in [0, 0.05) is 45.0 Å². The van der Waals surface area contributed by atoms with Crippen molar-refractivity contribution < 1.29 is 0 Å². The molecule has 0 aliphatic heterocycles. The van der Waals surface area contributed by atoms with E-state index in [1.807, 2.05) is 0 Å². The number of anilines is 6. The van der Waals surface area contributed by atoms with Gasteiger partial charge in [-0.25, -0.2) is 0 Å². The molecule has 0 fully saturated rings. The average molecular weight is 1150 g/mol. The maximum absolute atomic E-state index is 2.55. The summed E-state index contributed by atoms with van der Waals surface area (Å²) in [5.41, 5.74) is 26.7. The molecule has 0 atom stereocenters. The zero-order valence-electron chi connectivity index (χ0n) is 54.7. The van der Waals surface area contributed by atoms with Crippen LogP contribution in [0.25, 0.3) is 66.8 Å². The smallest absolute Gasteiger partial charge is 0.0618 e. The summed E-state index contributed by atoms with van der Waals surface area (Å²) in [5.74, 6) is 0. The molecule has 88 heavy (non-hydrogen) atoms. The van der Waals surface area contributed by atoms with Crippen molar-refractivity contribution >= 4 is 34.1 Å². The van der Waals surface area contributed by atoms with Gasteiger partial charge in [-0.05, 0) is 142 Å². The minimum Gasteiger partial charge on any atom is -0.309 e. The molecular weight excluding hydrogens is 1060 g/mol. The van der Waals surface area contributed by atoms with E-state index in [2.05, 4.69) is 375 Å². The standard InChI is InChI=1S/C86H88N2/c1-82(2,3)65-46-52-72(78(56-65)85(10,11)12)63-42-48-68(49-43-63)87(80-74(59-30-20-16-21-31-59)38-28-39-75(80)60-32-22-17-23-33-60)70-54-67(84(7,8)9)55-71(58-70)88(81-76(61-34-24-18-25-35-61)40-29-41-77(81)62-36-26-19-27-37-62)69-50-44-64(45-51-69)73-53-47-66(83(4,5)6)57-79(73)86(13,14)15/h16-58H,1-15H3. The Labute approximate surface area is 527 Å². The summed E-state index contributed by atoms with van der Waals surface area (Å²) in [6.45, 7) is 35.0. The third kappa shape index (κ3) is 12.7. The fourth-order valence-electron chi connectivity index (χ4n) is 12.4. The molecule has 0 heterocycles. The van der Waals surface area contributed by atoms with E-state index in [9.17, 15) is 0 Å². The van der Waals surface area contributed by atoms with Crippen LogP contribution in [-0.2, 0) is 27.1 Å². The fourth-order valence-corrected chi connectivity index (χ4v) is 12.4. The van der Waals surface area contributed by atoms with Gasteiger partial charge < -0.3 is 9.80 Å². The van der Waals surface area contributed by atoms with Crippen LogP contribution in [0.1, 0.15) is 132 Å². The Morgan fingerprint density at radius 3 is 0.727 bits per heavy atom. The van der Waals surface area contributed by atoms with Crippen LogP contribution in [0.5, 0.6) is 0 Å². The van der Waals surface area contributed by atoms with Crippen LogP contribution in [-0.4, -0.2) is 0 Å². The third-order valence-electron chi connectivity index (χ3n) is 17.4. The maximum Gasteiger partial charge on any atom is 0.0618 e. The van der Waals surface area contributed by atoms with Gasteiger partial charge in [0.2, 0.25) is 0 Å². The van der Waals surface area contributed by atoms with Crippen molar-refractivity contribution in [3.8, 4) is 66.8 Å². The van der Waals surface area contributed by atoms with E-state index in [4.69, 9.17) is 0 Å². The first kappa shape index (κ1) is 60.7. The quantitative estimate of drug-likeness (QED) is 0.120. The third-order valence-corrected chi connectivity index (χ3v) is 17.4. The van der Waals surface area contributed by atoms with Crippen molar-refractivity contribution in [1.29, 1.82) is 0 Å². The van der Waals surface area contributed by atoms with Crippen molar-refractivity contribution in [2.45, 2.75) is 131 Å². The summed E-state index contributed by atoms with van der Waals surface area (Å²) in [6, 6.07) is 97.9. The van der Waals surface area contributed by atoms with Crippen LogP contribution in [0.2, 0.25) is 0 Å². The number of hydrogen-bond donors (Lipinski definition) is 0. The molecule has 0 saturated carbocycles. The monoisotopic (exact) mass is 1150 g/mol. The second-order valence-corrected chi connectivity index (χ2v) is 29.1. The Morgan fingerprint density at radius 2 is 0.466 bits per heavy atom. The molecule has 0 N–H and O–H groups in total. The molecule has 11 rings (SSSR count). The van der Waals surface area contributed by atoms with Gasteiger partial charge in [0.05, 0.1) is 11.4 Å². The number of hydrogen-bond acceptors (Lipinski definition) is 2. The highest BCUT2D eigenvalue weighted by atomic mass is 15.2. The number of nitrogens with zero attached hydrogens (tertiary/aromatic N) is 2. The molecule has 442 valence electrons. The van der Waals surface area contributed by atoms with Crippen LogP contribution < -0.4 is 9.80 Å². The van der Waals surface area contributed by atoms with Gasteiger partial charge in [-0.2, -0.15) is 0 Å². The van der Waals surface area contributed by atoms with Gasteiger partial charge >= 0.3 is 0 Å². The first-order valence-electron chi connectivity index (χ1n) is 31.6. The van der Waals surface area contributed by atoms with E-state index >= 15 is 0 Å². The molecule has 0 bridgehead atoms. The summed E-state index contributed by atoms with van der Waals surface area (Å²) >= 11 is 0. The number of rotatable bonds is 12. The first-order chi connectivity index (χ1) is 41.8. The Balaban J connectivity index is 1.23. The largest absolute Gasteiger partial charge is 0.309 e. The molecule has 0 spiro atoms. The normalized spacial score (nSPS) is 12.3. The summed E-state index contributed by atoms with van der Waals surface area (Å²) in [5, 5.41) is 0.